The molecule has 2 aromatic rings. The van der Waals surface area contributed by atoms with E-state index in [9.17, 15) is 10.2 Å². The van der Waals surface area contributed by atoms with Crippen LogP contribution in [0.3, 0.4) is 0 Å². The molecule has 2 aromatic carbocycles. The number of benzene rings is 2. The molecule has 0 aliphatic heterocycles. The second-order valence-corrected chi connectivity index (χ2v) is 11.5. The van der Waals surface area contributed by atoms with Crippen LogP contribution in [0.25, 0.3) is 0 Å². The van der Waals surface area contributed by atoms with Crippen molar-refractivity contribution in [2.24, 2.45) is 9.98 Å². The molecule has 0 atom stereocenters. The van der Waals surface area contributed by atoms with E-state index in [1.165, 1.54) is 0 Å². The van der Waals surface area contributed by atoms with Gasteiger partial charge in [0.15, 0.2) is 0 Å². The fraction of sp³-hybridized carbons (Fsp3) is 0.562. The molecule has 0 saturated heterocycles. The van der Waals surface area contributed by atoms with Gasteiger partial charge >= 0.3 is 0 Å². The van der Waals surface area contributed by atoms with E-state index < -0.39 is 11.8 Å². The number of hydrogen-bond acceptors (Lipinski definition) is 4. The van der Waals surface area contributed by atoms with Gasteiger partial charge in [-0.05, 0) is 77.3 Å². The Morgan fingerprint density at radius 1 is 0.595 bits per heavy atom. The van der Waals surface area contributed by atoms with Gasteiger partial charge < -0.3 is 29.2 Å². The van der Waals surface area contributed by atoms with Gasteiger partial charge in [0.1, 0.15) is 13.1 Å². The zero-order valence-corrected chi connectivity index (χ0v) is 31.9. The lowest BCUT2D eigenvalue weighted by molar-refractivity contribution is -0.938. The van der Waals surface area contributed by atoms with Crippen molar-refractivity contribution >= 4 is 83.0 Å². The van der Waals surface area contributed by atoms with Crippen LogP contribution in [-0.2, 0) is 13.1 Å². The largest absolute Gasteiger partial charge is 0.858 e. The second kappa shape index (κ2) is 21.9. The molecule has 0 bridgehead atoms. The summed E-state index contributed by atoms with van der Waals surface area (Å²) in [5.74, 6) is -1.46. The molecule has 0 N–H and O–H groups in total. The summed E-state index contributed by atoms with van der Waals surface area (Å²) in [5, 5.41) is 26.0. The van der Waals surface area contributed by atoms with Gasteiger partial charge in [0.2, 0.25) is 0 Å². The van der Waals surface area contributed by atoms with Crippen molar-refractivity contribution in [2.75, 3.05) is 52.4 Å². The fourth-order valence-corrected chi connectivity index (χ4v) is 5.67. The average molecular weight is 847 g/mol. The van der Waals surface area contributed by atoms with Gasteiger partial charge in [-0.2, -0.15) is 0 Å². The molecule has 0 amide bonds. The minimum Gasteiger partial charge on any atom is -0.858 e. The van der Waals surface area contributed by atoms with E-state index in [-0.39, 0.29) is 48.0 Å². The molecule has 0 aliphatic carbocycles. The lowest BCUT2D eigenvalue weighted by Crippen LogP contribution is -2.47. The van der Waals surface area contributed by atoms with Crippen molar-refractivity contribution in [3.63, 3.8) is 0 Å². The zero-order chi connectivity index (χ0) is 29.4. The number of aliphatic imine (C=N–C) groups is 2. The average Bonchev–Trinajstić information content (AvgIpc) is 2.97. The monoisotopic (exact) mass is 846 g/mol. The molecule has 0 unspecified atom stereocenters. The van der Waals surface area contributed by atoms with Gasteiger partial charge in [-0.3, -0.25) is 0 Å². The number of rotatable bonds is 18. The summed E-state index contributed by atoms with van der Waals surface area (Å²) in [4.78, 5) is 7.97. The normalized spacial score (nSPS) is 12.5. The molecule has 6 nitrogen and oxygen atoms in total. The predicted molar refractivity (Wildman–Crippen MR) is 197 cm³/mol. The Morgan fingerprint density at radius 3 is 1.24 bits per heavy atom. The highest BCUT2D eigenvalue weighted by Gasteiger charge is 2.25. The summed E-state index contributed by atoms with van der Waals surface area (Å²) < 4.78 is 1.86. The highest BCUT2D eigenvalue weighted by Crippen LogP contribution is 2.23. The van der Waals surface area contributed by atoms with Crippen molar-refractivity contribution in [1.82, 2.24) is 0 Å². The molecular weight excluding hydrogens is 797 g/mol. The lowest BCUT2D eigenvalue weighted by Gasteiger charge is -2.37. The molecule has 2 rings (SSSR count). The van der Waals surface area contributed by atoms with Gasteiger partial charge in [0.25, 0.3) is 0 Å². The number of halogens is 4. The summed E-state index contributed by atoms with van der Waals surface area (Å²) in [6.45, 7) is 17.3. The Bertz CT molecular complexity index is 1010. The minimum atomic E-state index is -0.728. The Hall–Kier alpha value is -0.660. The first-order valence-corrected chi connectivity index (χ1v) is 15.6. The molecule has 0 aliphatic rings. The van der Waals surface area contributed by atoms with Crippen LogP contribution in [-0.4, -0.2) is 73.1 Å². The van der Waals surface area contributed by atoms with E-state index in [2.05, 4.69) is 49.8 Å². The van der Waals surface area contributed by atoms with E-state index in [1.807, 2.05) is 36.4 Å². The van der Waals surface area contributed by atoms with Crippen LogP contribution in [0.4, 0.5) is 0 Å². The van der Waals surface area contributed by atoms with Gasteiger partial charge in [0.05, 0.1) is 39.3 Å². The molecule has 10 heteroatoms. The Balaban J connectivity index is 0.00000840. The van der Waals surface area contributed by atoms with Crippen molar-refractivity contribution < 1.29 is 19.2 Å². The predicted octanol–water partition coefficient (Wildman–Crippen LogP) is 6.72. The van der Waals surface area contributed by atoms with Crippen molar-refractivity contribution in [3.05, 3.63) is 69.7 Å². The topological polar surface area (TPSA) is 70.8 Å². The van der Waals surface area contributed by atoms with E-state index in [1.54, 1.807) is 0 Å². The third-order valence-electron chi connectivity index (χ3n) is 8.39. The van der Waals surface area contributed by atoms with E-state index in [4.69, 9.17) is 23.2 Å². The van der Waals surface area contributed by atoms with Gasteiger partial charge in [-0.15, -0.1) is 48.0 Å². The molecule has 42 heavy (non-hydrogen) atoms. The maximum atomic E-state index is 12.2. The summed E-state index contributed by atoms with van der Waals surface area (Å²) >= 11 is 12.8. The Kier molecular flexibility index (Phi) is 21.6. The van der Waals surface area contributed by atoms with Crippen LogP contribution in [0.15, 0.2) is 58.5 Å². The standard InChI is InChI=1S/C32H48Cl2N4O2.2HI/c1-5-37(6-2,25-27-17-9-11-19-29(27)33)23-15-13-21-35-31(39)32(40)36-22-14-16-24-38(7-3,8-4)26-28-18-10-12-20-30(28)34;;/h9-12,17-20H,5-8,13-16,21-26H2,1-4H3;2*1H. The van der Waals surface area contributed by atoms with Gasteiger partial charge in [-0.25, -0.2) is 0 Å². The lowest BCUT2D eigenvalue weighted by atomic mass is 10.1. The van der Waals surface area contributed by atoms with E-state index >= 15 is 0 Å². The van der Waals surface area contributed by atoms with Gasteiger partial charge in [-0.1, -0.05) is 59.6 Å². The number of hydrogen-bond donors (Lipinski definition) is 0. The van der Waals surface area contributed by atoms with Crippen LogP contribution < -0.4 is 10.2 Å². The zero-order valence-electron chi connectivity index (χ0n) is 25.7. The molecule has 0 spiro atoms. The van der Waals surface area contributed by atoms with Crippen molar-refractivity contribution in [3.8, 4) is 0 Å². The van der Waals surface area contributed by atoms with Gasteiger partial charge in [0, 0.05) is 34.3 Å². The maximum absolute atomic E-state index is 12.2. The second-order valence-electron chi connectivity index (χ2n) is 10.7. The molecule has 0 fully saturated rings. The van der Waals surface area contributed by atoms with E-state index in [0.29, 0.717) is 13.1 Å². The number of unbranched alkanes of at least 4 members (excludes halogenated alkanes) is 2. The SMILES string of the molecule is CC[N+](CC)(CCCCN=C([O-])C([O-])=NCCCC[N+](CC)(CC)Cc1ccccc1Cl)Cc1ccccc1Cl.I.I. The molecule has 0 radical (unpaired) electrons. The quantitative estimate of drug-likeness (QED) is 0.0550. The summed E-state index contributed by atoms with van der Waals surface area (Å²) in [7, 11) is 0. The Morgan fingerprint density at radius 2 is 0.929 bits per heavy atom. The highest BCUT2D eigenvalue weighted by atomic mass is 127. The maximum Gasteiger partial charge on any atom is 0.106 e. The summed E-state index contributed by atoms with van der Waals surface area (Å²) in [6.07, 6.45) is 3.39. The first-order chi connectivity index (χ1) is 19.2. The van der Waals surface area contributed by atoms with Crippen LogP contribution >= 0.6 is 71.2 Å². The molecule has 238 valence electrons. The molecular formula is C32H50Cl2I2N4O2. The molecule has 0 heterocycles. The van der Waals surface area contributed by atoms with Crippen LogP contribution in [0, 0.1) is 0 Å². The first kappa shape index (κ1) is 41.3. The molecule has 0 aromatic heterocycles. The smallest absolute Gasteiger partial charge is 0.106 e. The number of quaternary nitrogens is 2. The summed E-state index contributed by atoms with van der Waals surface area (Å²) in [5.41, 5.74) is 2.32. The Labute approximate surface area is 298 Å². The van der Waals surface area contributed by atoms with E-state index in [0.717, 1.165) is 108 Å². The minimum absolute atomic E-state index is 0. The number of nitrogens with zero attached hydrogens (tertiary/aromatic N) is 4. The fourth-order valence-electron chi connectivity index (χ4n) is 5.28. The van der Waals surface area contributed by atoms with Crippen LogP contribution in [0.2, 0.25) is 10.0 Å². The molecule has 0 saturated carbocycles. The highest BCUT2D eigenvalue weighted by molar-refractivity contribution is 14.0. The first-order valence-electron chi connectivity index (χ1n) is 14.8. The van der Waals surface area contributed by atoms with Crippen LogP contribution in [0.1, 0.15) is 64.5 Å². The third kappa shape index (κ3) is 13.5. The summed E-state index contributed by atoms with van der Waals surface area (Å²) in [6, 6.07) is 16.0. The van der Waals surface area contributed by atoms with Crippen molar-refractivity contribution in [1.29, 1.82) is 0 Å². The van der Waals surface area contributed by atoms with Crippen molar-refractivity contribution in [2.45, 2.75) is 66.5 Å². The van der Waals surface area contributed by atoms with Crippen LogP contribution in [0.5, 0.6) is 0 Å². The third-order valence-corrected chi connectivity index (χ3v) is 9.12.